The van der Waals surface area contributed by atoms with Gasteiger partial charge in [0, 0.05) is 12.2 Å². The van der Waals surface area contributed by atoms with Gasteiger partial charge in [0.1, 0.15) is 6.33 Å². The van der Waals surface area contributed by atoms with E-state index in [0.29, 0.717) is 0 Å². The van der Waals surface area contributed by atoms with E-state index in [2.05, 4.69) is 46.0 Å². The molecular weight excluding hydrogens is 250 g/mol. The molecule has 106 valence electrons. The summed E-state index contributed by atoms with van der Waals surface area (Å²) in [6.45, 7) is 3.14. The molecule has 1 saturated carbocycles. The van der Waals surface area contributed by atoms with Crippen LogP contribution in [0.5, 0.6) is 0 Å². The van der Waals surface area contributed by atoms with E-state index in [-0.39, 0.29) is 0 Å². The molecule has 0 amide bonds. The van der Waals surface area contributed by atoms with Crippen LogP contribution in [0.25, 0.3) is 5.69 Å². The van der Waals surface area contributed by atoms with E-state index in [1.165, 1.54) is 37.7 Å². The van der Waals surface area contributed by atoms with Crippen LogP contribution in [0.2, 0.25) is 0 Å². The molecule has 1 aliphatic carbocycles. The fourth-order valence-electron chi connectivity index (χ4n) is 2.89. The molecule has 1 aliphatic rings. The van der Waals surface area contributed by atoms with Crippen LogP contribution in [0.4, 0.5) is 5.69 Å². The molecular formula is C15H21N5. The quantitative estimate of drug-likeness (QED) is 0.929. The molecule has 1 aromatic carbocycles. The van der Waals surface area contributed by atoms with Gasteiger partial charge in [0.2, 0.25) is 0 Å². The van der Waals surface area contributed by atoms with Crippen LogP contribution >= 0.6 is 0 Å². The van der Waals surface area contributed by atoms with Crippen molar-refractivity contribution in [3.63, 3.8) is 0 Å². The van der Waals surface area contributed by atoms with Crippen molar-refractivity contribution in [1.82, 2.24) is 20.2 Å². The molecule has 1 heterocycles. The summed E-state index contributed by atoms with van der Waals surface area (Å²) in [5, 5.41) is 14.9. The van der Waals surface area contributed by atoms with Crippen molar-refractivity contribution in [3.05, 3.63) is 30.1 Å². The van der Waals surface area contributed by atoms with Crippen molar-refractivity contribution in [2.24, 2.45) is 5.92 Å². The largest absolute Gasteiger partial charge is 0.385 e. The molecule has 5 nitrogen and oxygen atoms in total. The predicted octanol–water partition coefficient (Wildman–Crippen LogP) is 2.96. The summed E-state index contributed by atoms with van der Waals surface area (Å²) in [5.41, 5.74) is 3.34. The summed E-state index contributed by atoms with van der Waals surface area (Å²) >= 11 is 0. The van der Waals surface area contributed by atoms with E-state index in [4.69, 9.17) is 0 Å². The van der Waals surface area contributed by atoms with E-state index in [0.717, 1.165) is 23.8 Å². The van der Waals surface area contributed by atoms with Gasteiger partial charge in [-0.15, -0.1) is 5.10 Å². The molecule has 0 spiro atoms. The number of tetrazole rings is 1. The standard InChI is InChI=1S/C15H21N5/c1-12-7-8-14(9-15(12)20-11-17-18-19-20)16-10-13-5-3-2-4-6-13/h7-9,11,13,16H,2-6,10H2,1H3. The molecule has 0 radical (unpaired) electrons. The first-order valence-corrected chi connectivity index (χ1v) is 7.41. The van der Waals surface area contributed by atoms with Gasteiger partial charge >= 0.3 is 0 Å². The summed E-state index contributed by atoms with van der Waals surface area (Å²) in [6, 6.07) is 6.36. The maximum atomic E-state index is 3.97. The SMILES string of the molecule is Cc1ccc(NCC2CCCCC2)cc1-n1cnnn1. The first-order valence-electron chi connectivity index (χ1n) is 7.41. The highest BCUT2D eigenvalue weighted by Gasteiger charge is 2.13. The first kappa shape index (κ1) is 13.1. The Bertz CT molecular complexity index is 543. The first-order chi connectivity index (χ1) is 9.83. The Balaban J connectivity index is 1.69. The van der Waals surface area contributed by atoms with Crippen LogP contribution in [-0.2, 0) is 0 Å². The zero-order valence-electron chi connectivity index (χ0n) is 11.9. The van der Waals surface area contributed by atoms with E-state index >= 15 is 0 Å². The molecule has 20 heavy (non-hydrogen) atoms. The van der Waals surface area contributed by atoms with Crippen LogP contribution in [0.3, 0.4) is 0 Å². The lowest BCUT2D eigenvalue weighted by Gasteiger charge is -2.22. The van der Waals surface area contributed by atoms with Crippen LogP contribution in [0.1, 0.15) is 37.7 Å². The summed E-state index contributed by atoms with van der Waals surface area (Å²) < 4.78 is 1.71. The molecule has 3 rings (SSSR count). The van der Waals surface area contributed by atoms with Crippen LogP contribution < -0.4 is 5.32 Å². The fraction of sp³-hybridized carbons (Fsp3) is 0.533. The smallest absolute Gasteiger partial charge is 0.143 e. The average molecular weight is 271 g/mol. The van der Waals surface area contributed by atoms with Gasteiger partial charge in [0.25, 0.3) is 0 Å². The second-order valence-electron chi connectivity index (χ2n) is 5.64. The molecule has 0 aliphatic heterocycles. The second kappa shape index (κ2) is 6.03. The topological polar surface area (TPSA) is 55.6 Å². The minimum absolute atomic E-state index is 0.821. The summed E-state index contributed by atoms with van der Waals surface area (Å²) in [7, 11) is 0. The van der Waals surface area contributed by atoms with Crippen molar-refractivity contribution < 1.29 is 0 Å². The third-order valence-corrected chi connectivity index (χ3v) is 4.12. The Labute approximate surface area is 119 Å². The molecule has 0 bridgehead atoms. The lowest BCUT2D eigenvalue weighted by atomic mass is 9.89. The van der Waals surface area contributed by atoms with Gasteiger partial charge in [-0.1, -0.05) is 25.3 Å². The van der Waals surface area contributed by atoms with Crippen LogP contribution in [-0.4, -0.2) is 26.8 Å². The molecule has 1 fully saturated rings. The zero-order valence-corrected chi connectivity index (χ0v) is 11.9. The Morgan fingerprint density at radius 3 is 2.85 bits per heavy atom. The molecule has 0 atom stereocenters. The average Bonchev–Trinajstić information content (AvgIpc) is 3.01. The number of hydrogen-bond donors (Lipinski definition) is 1. The molecule has 0 unspecified atom stereocenters. The molecule has 0 saturated heterocycles. The van der Waals surface area contributed by atoms with Crippen molar-refractivity contribution in [1.29, 1.82) is 0 Å². The van der Waals surface area contributed by atoms with E-state index < -0.39 is 0 Å². The van der Waals surface area contributed by atoms with Crippen LogP contribution in [0.15, 0.2) is 24.5 Å². The second-order valence-corrected chi connectivity index (χ2v) is 5.64. The minimum Gasteiger partial charge on any atom is -0.385 e. The Kier molecular flexibility index (Phi) is 3.95. The van der Waals surface area contributed by atoms with Crippen molar-refractivity contribution in [3.8, 4) is 5.69 Å². The van der Waals surface area contributed by atoms with Gasteiger partial charge in [-0.3, -0.25) is 0 Å². The van der Waals surface area contributed by atoms with Crippen LogP contribution in [0, 0.1) is 12.8 Å². The lowest BCUT2D eigenvalue weighted by Crippen LogP contribution is -2.17. The fourth-order valence-corrected chi connectivity index (χ4v) is 2.89. The highest BCUT2D eigenvalue weighted by molar-refractivity contribution is 5.54. The number of aryl methyl sites for hydroxylation is 1. The minimum atomic E-state index is 0.821. The van der Waals surface area contributed by atoms with Crippen molar-refractivity contribution in [2.75, 3.05) is 11.9 Å². The van der Waals surface area contributed by atoms with Gasteiger partial charge in [-0.2, -0.15) is 0 Å². The highest BCUT2D eigenvalue weighted by atomic mass is 15.5. The third-order valence-electron chi connectivity index (χ3n) is 4.12. The predicted molar refractivity (Wildman–Crippen MR) is 79.0 cm³/mol. The summed E-state index contributed by atoms with van der Waals surface area (Å²) in [6.07, 6.45) is 8.53. The lowest BCUT2D eigenvalue weighted by molar-refractivity contribution is 0.373. The number of nitrogens with zero attached hydrogens (tertiary/aromatic N) is 4. The van der Waals surface area contributed by atoms with Gasteiger partial charge < -0.3 is 5.32 Å². The molecule has 2 aromatic rings. The molecule has 1 aromatic heterocycles. The summed E-state index contributed by atoms with van der Waals surface area (Å²) in [5.74, 6) is 0.821. The third kappa shape index (κ3) is 2.98. The Hall–Kier alpha value is -1.91. The molecule has 1 N–H and O–H groups in total. The number of benzene rings is 1. The Morgan fingerprint density at radius 1 is 1.25 bits per heavy atom. The van der Waals surface area contributed by atoms with Crippen molar-refractivity contribution in [2.45, 2.75) is 39.0 Å². The van der Waals surface area contributed by atoms with Crippen molar-refractivity contribution >= 4 is 5.69 Å². The van der Waals surface area contributed by atoms with Gasteiger partial charge in [-0.05, 0) is 53.8 Å². The van der Waals surface area contributed by atoms with E-state index in [1.54, 1.807) is 11.0 Å². The van der Waals surface area contributed by atoms with Gasteiger partial charge in [0.05, 0.1) is 5.69 Å². The number of anilines is 1. The highest BCUT2D eigenvalue weighted by Crippen LogP contribution is 2.25. The number of nitrogens with one attached hydrogen (secondary N) is 1. The normalized spacial score (nSPS) is 16.2. The molecule has 5 heteroatoms. The zero-order chi connectivity index (χ0) is 13.8. The van der Waals surface area contributed by atoms with E-state index in [9.17, 15) is 0 Å². The number of hydrogen-bond acceptors (Lipinski definition) is 4. The monoisotopic (exact) mass is 271 g/mol. The summed E-state index contributed by atoms with van der Waals surface area (Å²) in [4.78, 5) is 0. The Morgan fingerprint density at radius 2 is 2.10 bits per heavy atom. The maximum absolute atomic E-state index is 3.97. The van der Waals surface area contributed by atoms with Gasteiger partial charge in [-0.25, -0.2) is 4.68 Å². The van der Waals surface area contributed by atoms with Gasteiger partial charge in [0.15, 0.2) is 0 Å². The number of aromatic nitrogens is 4. The maximum Gasteiger partial charge on any atom is 0.143 e. The number of rotatable bonds is 4. The van der Waals surface area contributed by atoms with E-state index in [1.807, 2.05) is 0 Å².